The number of aliphatic imine (C=N–C) groups is 1. The highest BCUT2D eigenvalue weighted by Gasteiger charge is 2.25. The quantitative estimate of drug-likeness (QED) is 0.397. The molecule has 0 radical (unpaired) electrons. The van der Waals surface area contributed by atoms with Gasteiger partial charge in [-0.1, -0.05) is 29.3 Å². The topological polar surface area (TPSA) is 62.7 Å². The molecule has 0 amide bonds. The van der Waals surface area contributed by atoms with Gasteiger partial charge in [0.25, 0.3) is 0 Å². The molecule has 0 spiro atoms. The Bertz CT molecular complexity index is 580. The Hall–Kier alpha value is -1.08. The van der Waals surface area contributed by atoms with Crippen molar-refractivity contribution in [1.82, 2.24) is 10.6 Å². The molecule has 3 atom stereocenters. The second kappa shape index (κ2) is 10.8. The first-order chi connectivity index (χ1) is 12.1. The van der Waals surface area contributed by atoms with Crippen molar-refractivity contribution in [2.45, 2.75) is 43.9 Å². The molecule has 1 aromatic carbocycles. The summed E-state index contributed by atoms with van der Waals surface area (Å²) in [6, 6.07) is 8.14. The van der Waals surface area contributed by atoms with Crippen LogP contribution in [0.2, 0.25) is 0 Å². The normalized spacial score (nSPS) is 22.3. The lowest BCUT2D eigenvalue weighted by Crippen LogP contribution is -2.47. The maximum Gasteiger partial charge on any atom is 0.191 e. The molecule has 1 saturated carbocycles. The van der Waals surface area contributed by atoms with Crippen LogP contribution in [0.1, 0.15) is 32.6 Å². The predicted molar refractivity (Wildman–Crippen MR) is 109 cm³/mol. The number of ether oxygens (including phenoxy) is 1. The third kappa shape index (κ3) is 6.98. The van der Waals surface area contributed by atoms with Gasteiger partial charge >= 0.3 is 0 Å². The maximum atomic E-state index is 12.1. The van der Waals surface area contributed by atoms with Crippen LogP contribution in [0, 0.1) is 0 Å². The Morgan fingerprint density at radius 3 is 2.80 bits per heavy atom. The summed E-state index contributed by atoms with van der Waals surface area (Å²) in [6.45, 7) is 3.24. The zero-order chi connectivity index (χ0) is 18.1. The molecule has 7 heteroatoms. The number of rotatable bonds is 7. The Morgan fingerprint density at radius 1 is 1.36 bits per heavy atom. The van der Waals surface area contributed by atoms with Gasteiger partial charge in [-0.25, -0.2) is 0 Å². The molecule has 1 aliphatic carbocycles. The smallest absolute Gasteiger partial charge is 0.191 e. The second-order valence-electron chi connectivity index (χ2n) is 6.10. The standard InChI is InChI=1S/C18H28BrN3O2S/c1-3-25(23)17-6-4-5-15(13-17)22-18(20-2)21-11-12-24-16-9-7-14(19)8-10-16/h7-10,15,17H,3-6,11-13H2,1-2H3,(H2,20,21,22). The van der Waals surface area contributed by atoms with Crippen LogP contribution in [0.3, 0.4) is 0 Å². The molecule has 2 rings (SSSR count). The van der Waals surface area contributed by atoms with Crippen LogP contribution < -0.4 is 15.4 Å². The van der Waals surface area contributed by atoms with Crippen LogP contribution in [-0.4, -0.2) is 47.4 Å². The van der Waals surface area contributed by atoms with Crippen molar-refractivity contribution in [3.05, 3.63) is 28.7 Å². The summed E-state index contributed by atoms with van der Waals surface area (Å²) in [4.78, 5) is 4.29. The van der Waals surface area contributed by atoms with Crippen LogP contribution >= 0.6 is 15.9 Å². The summed E-state index contributed by atoms with van der Waals surface area (Å²) in [5.74, 6) is 2.38. The van der Waals surface area contributed by atoms with Crippen molar-refractivity contribution in [2.24, 2.45) is 4.99 Å². The number of nitrogens with one attached hydrogen (secondary N) is 2. The Balaban J connectivity index is 1.71. The number of hydrogen-bond acceptors (Lipinski definition) is 3. The van der Waals surface area contributed by atoms with E-state index in [1.807, 2.05) is 31.2 Å². The van der Waals surface area contributed by atoms with E-state index in [-0.39, 0.29) is 0 Å². The first-order valence-corrected chi connectivity index (χ1v) is 11.0. The van der Waals surface area contributed by atoms with Crippen LogP contribution in [-0.2, 0) is 10.8 Å². The highest BCUT2D eigenvalue weighted by Crippen LogP contribution is 2.23. The predicted octanol–water partition coefficient (Wildman–Crippen LogP) is 3.07. The van der Waals surface area contributed by atoms with Crippen molar-refractivity contribution >= 4 is 32.7 Å². The molecule has 0 saturated heterocycles. The van der Waals surface area contributed by atoms with Gasteiger partial charge in [-0.15, -0.1) is 0 Å². The lowest BCUT2D eigenvalue weighted by molar-refractivity contribution is 0.321. The summed E-state index contributed by atoms with van der Waals surface area (Å²) < 4.78 is 18.8. The summed E-state index contributed by atoms with van der Waals surface area (Å²) >= 11 is 3.41. The minimum absolute atomic E-state index is 0.315. The van der Waals surface area contributed by atoms with Crippen LogP contribution in [0.4, 0.5) is 0 Å². The van der Waals surface area contributed by atoms with Crippen molar-refractivity contribution in [3.63, 3.8) is 0 Å². The first-order valence-electron chi connectivity index (χ1n) is 8.85. The van der Waals surface area contributed by atoms with Crippen LogP contribution in [0.5, 0.6) is 5.75 Å². The molecule has 5 nitrogen and oxygen atoms in total. The lowest BCUT2D eigenvalue weighted by Gasteiger charge is -2.30. The van der Waals surface area contributed by atoms with Gasteiger partial charge in [0.05, 0.1) is 6.54 Å². The van der Waals surface area contributed by atoms with Gasteiger partial charge in [0.2, 0.25) is 0 Å². The van der Waals surface area contributed by atoms with Gasteiger partial charge in [0.1, 0.15) is 12.4 Å². The highest BCUT2D eigenvalue weighted by molar-refractivity contribution is 9.10. The van der Waals surface area contributed by atoms with Crippen LogP contribution in [0.25, 0.3) is 0 Å². The third-order valence-corrected chi connectivity index (χ3v) is 6.59. The van der Waals surface area contributed by atoms with E-state index in [1.165, 1.54) is 0 Å². The summed E-state index contributed by atoms with van der Waals surface area (Å²) in [7, 11) is 1.07. The van der Waals surface area contributed by atoms with Gasteiger partial charge < -0.3 is 15.4 Å². The van der Waals surface area contributed by atoms with E-state index in [9.17, 15) is 4.21 Å². The average molecular weight is 430 g/mol. The first kappa shape index (κ1) is 20.2. The third-order valence-electron chi connectivity index (χ3n) is 4.32. The lowest BCUT2D eigenvalue weighted by atomic mass is 9.95. The van der Waals surface area contributed by atoms with E-state index in [0.29, 0.717) is 24.4 Å². The van der Waals surface area contributed by atoms with Gasteiger partial charge in [0, 0.05) is 39.4 Å². The fourth-order valence-corrected chi connectivity index (χ4v) is 4.62. The molecule has 1 aliphatic rings. The maximum absolute atomic E-state index is 12.1. The fraction of sp³-hybridized carbons (Fsp3) is 0.611. The zero-order valence-corrected chi connectivity index (χ0v) is 17.4. The molecule has 0 aliphatic heterocycles. The Labute approximate surface area is 161 Å². The van der Waals surface area contributed by atoms with Crippen LogP contribution in [0.15, 0.2) is 33.7 Å². The zero-order valence-electron chi connectivity index (χ0n) is 15.0. The molecule has 25 heavy (non-hydrogen) atoms. The van der Waals surface area contributed by atoms with E-state index in [2.05, 4.69) is 31.6 Å². The van der Waals surface area contributed by atoms with Crippen molar-refractivity contribution in [1.29, 1.82) is 0 Å². The molecule has 1 fully saturated rings. The summed E-state index contributed by atoms with van der Waals surface area (Å²) in [6.07, 6.45) is 4.26. The number of nitrogens with zero attached hydrogens (tertiary/aromatic N) is 1. The Morgan fingerprint density at radius 2 is 2.12 bits per heavy atom. The summed E-state index contributed by atoms with van der Waals surface area (Å²) in [5.41, 5.74) is 0. The largest absolute Gasteiger partial charge is 0.492 e. The average Bonchev–Trinajstić information content (AvgIpc) is 2.65. The number of halogens is 1. The highest BCUT2D eigenvalue weighted by atomic mass is 79.9. The molecule has 0 bridgehead atoms. The van der Waals surface area contributed by atoms with Gasteiger partial charge in [-0.2, -0.15) is 0 Å². The van der Waals surface area contributed by atoms with Crippen molar-refractivity contribution in [2.75, 3.05) is 26.0 Å². The summed E-state index contributed by atoms with van der Waals surface area (Å²) in [5, 5.41) is 7.06. The van der Waals surface area contributed by atoms with E-state index < -0.39 is 10.8 Å². The molecule has 0 heterocycles. The fourth-order valence-electron chi connectivity index (χ4n) is 3.01. The second-order valence-corrected chi connectivity index (χ2v) is 9.02. The molecule has 140 valence electrons. The van der Waals surface area contributed by atoms with Gasteiger partial charge in [0.15, 0.2) is 5.96 Å². The SMILES string of the molecule is CCS(=O)C1CCCC(NC(=NC)NCCOc2ccc(Br)cc2)C1. The molecule has 0 aromatic heterocycles. The molecule has 1 aromatic rings. The molecule has 2 N–H and O–H groups in total. The number of guanidine groups is 1. The number of hydrogen-bond donors (Lipinski definition) is 2. The minimum Gasteiger partial charge on any atom is -0.492 e. The van der Waals surface area contributed by atoms with E-state index in [0.717, 1.165) is 47.6 Å². The molecular formula is C18H28BrN3O2S. The molecular weight excluding hydrogens is 402 g/mol. The van der Waals surface area contributed by atoms with Crippen molar-refractivity contribution < 1.29 is 8.95 Å². The van der Waals surface area contributed by atoms with E-state index >= 15 is 0 Å². The van der Waals surface area contributed by atoms with Crippen molar-refractivity contribution in [3.8, 4) is 5.75 Å². The van der Waals surface area contributed by atoms with E-state index in [1.54, 1.807) is 7.05 Å². The van der Waals surface area contributed by atoms with Gasteiger partial charge in [-0.3, -0.25) is 9.20 Å². The minimum atomic E-state index is -0.704. The van der Waals surface area contributed by atoms with E-state index in [4.69, 9.17) is 4.74 Å². The van der Waals surface area contributed by atoms with Gasteiger partial charge in [-0.05, 0) is 43.5 Å². The number of benzene rings is 1. The monoisotopic (exact) mass is 429 g/mol. The Kier molecular flexibility index (Phi) is 8.75. The molecule has 3 unspecified atom stereocenters.